The summed E-state index contributed by atoms with van der Waals surface area (Å²) in [6, 6.07) is 22.1. The molecule has 3 aromatic carbocycles. The molecule has 1 aliphatic heterocycles. The fourth-order valence-corrected chi connectivity index (χ4v) is 5.67. The first-order chi connectivity index (χ1) is 19.2. The predicted octanol–water partition coefficient (Wildman–Crippen LogP) is 6.56. The quantitative estimate of drug-likeness (QED) is 0.221. The Morgan fingerprint density at radius 2 is 1.80 bits per heavy atom. The van der Waals surface area contributed by atoms with Gasteiger partial charge in [0.2, 0.25) is 5.91 Å². The highest BCUT2D eigenvalue weighted by molar-refractivity contribution is 9.10. The van der Waals surface area contributed by atoms with Gasteiger partial charge in [0.25, 0.3) is 0 Å². The van der Waals surface area contributed by atoms with Crippen molar-refractivity contribution in [3.05, 3.63) is 112 Å². The Morgan fingerprint density at radius 3 is 2.55 bits per heavy atom. The lowest BCUT2D eigenvalue weighted by molar-refractivity contribution is -0.145. The largest absolute Gasteiger partial charge is 0.335 e. The van der Waals surface area contributed by atoms with Gasteiger partial charge in [-0.3, -0.25) is 9.78 Å². The molecule has 40 heavy (non-hydrogen) atoms. The first kappa shape index (κ1) is 26.3. The molecule has 0 saturated carbocycles. The number of alkyl halides is 1. The molecule has 0 N–H and O–H groups in total. The number of carbonyl (C=O) groups is 1. The van der Waals surface area contributed by atoms with Gasteiger partial charge >= 0.3 is 0 Å². The number of hydrogen-bond donors (Lipinski definition) is 0. The Bertz CT molecular complexity index is 1730. The summed E-state index contributed by atoms with van der Waals surface area (Å²) in [5, 5.41) is 9.08. The summed E-state index contributed by atoms with van der Waals surface area (Å²) in [6.45, 7) is 3.44. The third kappa shape index (κ3) is 4.68. The lowest BCUT2D eigenvalue weighted by Crippen LogP contribution is -2.59. The van der Waals surface area contributed by atoms with Crippen LogP contribution >= 0.6 is 15.9 Å². The third-order valence-electron chi connectivity index (χ3n) is 7.60. The van der Waals surface area contributed by atoms with Crippen molar-refractivity contribution in [1.29, 1.82) is 0 Å². The number of aryl methyl sites for hydroxylation is 1. The summed E-state index contributed by atoms with van der Waals surface area (Å²) in [4.78, 5) is 19.6. The number of carbonyl (C=O) groups excluding carboxylic acids is 1. The SMILES string of the molecule is Cc1nc2ccccc2c(-c2ccccc2)c1CC(=O)N1CC(F)(c2cn([C@@H](C)c3ccc(Br)cc3F)nn2)C1. The molecule has 6 rings (SSSR count). The van der Waals surface area contributed by atoms with Crippen LogP contribution in [0, 0.1) is 12.7 Å². The van der Waals surface area contributed by atoms with Crippen LogP contribution in [0.15, 0.2) is 83.5 Å². The third-order valence-corrected chi connectivity index (χ3v) is 8.10. The first-order valence-electron chi connectivity index (χ1n) is 13.0. The van der Waals surface area contributed by atoms with Gasteiger partial charge in [-0.15, -0.1) is 5.10 Å². The highest BCUT2D eigenvalue weighted by Crippen LogP contribution is 2.38. The number of aromatic nitrogens is 4. The van der Waals surface area contributed by atoms with E-state index in [2.05, 4.69) is 26.2 Å². The molecule has 1 saturated heterocycles. The van der Waals surface area contributed by atoms with Crippen LogP contribution < -0.4 is 0 Å². The zero-order chi connectivity index (χ0) is 28.0. The maximum absolute atomic E-state index is 15.8. The highest BCUT2D eigenvalue weighted by Gasteiger charge is 2.49. The van der Waals surface area contributed by atoms with Gasteiger partial charge in [-0.05, 0) is 48.7 Å². The minimum Gasteiger partial charge on any atom is -0.335 e. The number of para-hydroxylation sites is 1. The van der Waals surface area contributed by atoms with Crippen LogP contribution in [0.1, 0.15) is 35.5 Å². The summed E-state index contributed by atoms with van der Waals surface area (Å²) in [5.41, 5.74) is 3.19. The smallest absolute Gasteiger partial charge is 0.227 e. The van der Waals surface area contributed by atoms with Crippen LogP contribution in [0.3, 0.4) is 0 Å². The molecule has 9 heteroatoms. The van der Waals surface area contributed by atoms with Gasteiger partial charge in [-0.1, -0.05) is 75.7 Å². The van der Waals surface area contributed by atoms with Gasteiger partial charge in [0, 0.05) is 21.1 Å². The van der Waals surface area contributed by atoms with Gasteiger partial charge in [-0.2, -0.15) is 0 Å². The lowest BCUT2D eigenvalue weighted by atomic mass is 9.90. The number of rotatable bonds is 6. The van der Waals surface area contributed by atoms with Crippen LogP contribution in [-0.2, 0) is 16.9 Å². The number of pyridine rings is 1. The second-order valence-electron chi connectivity index (χ2n) is 10.3. The molecular formula is C31H26BrF2N5O. The van der Waals surface area contributed by atoms with E-state index in [1.807, 2.05) is 61.5 Å². The van der Waals surface area contributed by atoms with E-state index in [9.17, 15) is 9.18 Å². The molecule has 0 unspecified atom stereocenters. The van der Waals surface area contributed by atoms with Gasteiger partial charge in [-0.25, -0.2) is 13.5 Å². The number of halogens is 3. The fraction of sp³-hybridized carbons (Fsp3) is 0.226. The van der Waals surface area contributed by atoms with Crippen molar-refractivity contribution >= 4 is 32.7 Å². The molecule has 2 aromatic heterocycles. The number of likely N-dealkylation sites (tertiary alicyclic amines) is 1. The maximum Gasteiger partial charge on any atom is 0.227 e. The molecule has 1 aliphatic rings. The standard InChI is InChI=1S/C31H26BrF2N5O/c1-19-25(30(21-8-4-3-5-9-21)24-10-6-7-11-27(24)35-19)15-29(40)38-17-31(34,18-38)28-16-39(37-36-28)20(2)23-13-12-22(32)14-26(23)33/h3-14,16,20H,15,17-18H2,1-2H3/t20-/m0/s1. The maximum atomic E-state index is 15.8. The van der Waals surface area contributed by atoms with E-state index in [0.717, 1.165) is 33.3 Å². The van der Waals surface area contributed by atoms with E-state index < -0.39 is 11.7 Å². The van der Waals surface area contributed by atoms with Crippen molar-refractivity contribution in [2.75, 3.05) is 13.1 Å². The van der Waals surface area contributed by atoms with Gasteiger partial charge < -0.3 is 4.90 Å². The molecule has 0 aliphatic carbocycles. The molecule has 0 radical (unpaired) electrons. The summed E-state index contributed by atoms with van der Waals surface area (Å²) in [5.74, 6) is -0.564. The number of benzene rings is 3. The van der Waals surface area contributed by atoms with Gasteiger partial charge in [0.15, 0.2) is 5.67 Å². The topological polar surface area (TPSA) is 63.9 Å². The van der Waals surface area contributed by atoms with Crippen LogP contribution in [0.25, 0.3) is 22.0 Å². The number of fused-ring (bicyclic) bond motifs is 1. The average Bonchev–Trinajstić information content (AvgIpc) is 3.43. The average molecular weight is 602 g/mol. The van der Waals surface area contributed by atoms with Crippen molar-refractivity contribution in [2.24, 2.45) is 0 Å². The normalized spacial score (nSPS) is 15.2. The molecule has 5 aromatic rings. The number of amides is 1. The van der Waals surface area contributed by atoms with Gasteiger partial charge in [0.1, 0.15) is 11.5 Å². The molecule has 1 amide bonds. The highest BCUT2D eigenvalue weighted by atomic mass is 79.9. The second kappa shape index (κ2) is 10.2. The van der Waals surface area contributed by atoms with Crippen molar-refractivity contribution in [1.82, 2.24) is 24.9 Å². The minimum absolute atomic E-state index is 0.108. The molecule has 0 bridgehead atoms. The van der Waals surface area contributed by atoms with E-state index >= 15 is 4.39 Å². The molecular weight excluding hydrogens is 576 g/mol. The van der Waals surface area contributed by atoms with Crippen LogP contribution in [0.2, 0.25) is 0 Å². The summed E-state index contributed by atoms with van der Waals surface area (Å²) in [6.07, 6.45) is 1.61. The Balaban J connectivity index is 1.21. The molecule has 1 atom stereocenters. The fourth-order valence-electron chi connectivity index (χ4n) is 5.34. The van der Waals surface area contributed by atoms with Gasteiger partial charge in [0.05, 0.1) is 37.3 Å². The number of hydrogen-bond acceptors (Lipinski definition) is 4. The molecule has 202 valence electrons. The Hall–Kier alpha value is -3.98. The van der Waals surface area contributed by atoms with Crippen molar-refractivity contribution in [3.63, 3.8) is 0 Å². The predicted molar refractivity (Wildman–Crippen MR) is 153 cm³/mol. The summed E-state index contributed by atoms with van der Waals surface area (Å²) in [7, 11) is 0. The van der Waals surface area contributed by atoms with E-state index in [4.69, 9.17) is 4.98 Å². The first-order valence-corrected chi connectivity index (χ1v) is 13.8. The molecule has 3 heterocycles. The summed E-state index contributed by atoms with van der Waals surface area (Å²) >= 11 is 3.26. The van der Waals surface area contributed by atoms with Crippen LogP contribution in [0.4, 0.5) is 8.78 Å². The van der Waals surface area contributed by atoms with Crippen LogP contribution in [-0.4, -0.2) is 43.9 Å². The zero-order valence-corrected chi connectivity index (χ0v) is 23.6. The number of nitrogens with zero attached hydrogens (tertiary/aromatic N) is 5. The summed E-state index contributed by atoms with van der Waals surface area (Å²) < 4.78 is 32.4. The monoisotopic (exact) mass is 601 g/mol. The Labute approximate surface area is 238 Å². The molecule has 0 spiro atoms. The van der Waals surface area contributed by atoms with E-state index in [0.29, 0.717) is 10.0 Å². The lowest BCUT2D eigenvalue weighted by Gasteiger charge is -2.43. The van der Waals surface area contributed by atoms with E-state index in [1.165, 1.54) is 21.8 Å². The van der Waals surface area contributed by atoms with Crippen molar-refractivity contribution < 1.29 is 13.6 Å². The zero-order valence-electron chi connectivity index (χ0n) is 22.0. The second-order valence-corrected chi connectivity index (χ2v) is 11.2. The minimum atomic E-state index is -1.81. The van der Waals surface area contributed by atoms with Crippen molar-refractivity contribution in [2.45, 2.75) is 32.0 Å². The van der Waals surface area contributed by atoms with E-state index in [-0.39, 0.29) is 36.9 Å². The van der Waals surface area contributed by atoms with Crippen molar-refractivity contribution in [3.8, 4) is 11.1 Å². The molecule has 6 nitrogen and oxygen atoms in total. The van der Waals surface area contributed by atoms with E-state index in [1.54, 1.807) is 19.1 Å². The van der Waals surface area contributed by atoms with Crippen LogP contribution in [0.5, 0.6) is 0 Å². The molecule has 1 fully saturated rings. The Morgan fingerprint density at radius 1 is 1.07 bits per heavy atom. The Kier molecular flexibility index (Phi) is 6.70.